The molecule has 0 spiro atoms. The van der Waals surface area contributed by atoms with Crippen LogP contribution < -0.4 is 0 Å². The summed E-state index contributed by atoms with van der Waals surface area (Å²) >= 11 is 0. The van der Waals surface area contributed by atoms with Crippen LogP contribution in [-0.2, 0) is 4.74 Å². The summed E-state index contributed by atoms with van der Waals surface area (Å²) < 4.78 is 5.36. The van der Waals surface area contributed by atoms with E-state index in [-0.39, 0.29) is 6.10 Å². The van der Waals surface area contributed by atoms with Crippen molar-refractivity contribution >= 4 is 0 Å². The first-order valence-electron chi connectivity index (χ1n) is 6.28. The molecule has 0 amide bonds. The maximum absolute atomic E-state index is 10.3. The fraction of sp³-hybridized carbons (Fsp3) is 0.600. The van der Waals surface area contributed by atoms with Crippen molar-refractivity contribution in [3.8, 4) is 5.75 Å². The molecule has 0 saturated heterocycles. The third kappa shape index (κ3) is 3.01. The quantitative estimate of drug-likeness (QED) is 0.842. The molecule has 17 heavy (non-hydrogen) atoms. The molecular formula is C15H24O2. The predicted molar refractivity (Wildman–Crippen MR) is 71.7 cm³/mol. The van der Waals surface area contributed by atoms with Gasteiger partial charge in [0.2, 0.25) is 0 Å². The number of hydrogen-bond donors (Lipinski definition) is 1. The second kappa shape index (κ2) is 5.54. The normalized spacial score (nSPS) is 13.4. The molecule has 1 unspecified atom stereocenters. The van der Waals surface area contributed by atoms with E-state index in [2.05, 4.69) is 39.8 Å². The second-order valence-electron chi connectivity index (χ2n) is 5.24. The van der Waals surface area contributed by atoms with E-state index in [0.717, 1.165) is 16.7 Å². The van der Waals surface area contributed by atoms with Crippen LogP contribution in [0.4, 0.5) is 0 Å². The minimum atomic E-state index is 0.0607. The number of phenols is 1. The maximum Gasteiger partial charge on any atom is 0.122 e. The van der Waals surface area contributed by atoms with E-state index < -0.39 is 0 Å². The summed E-state index contributed by atoms with van der Waals surface area (Å²) in [5.74, 6) is 1.08. The van der Waals surface area contributed by atoms with Crippen LogP contribution in [0.25, 0.3) is 0 Å². The SMILES string of the molecule is COC(C)c1cc(C(C)C)c(O)c(C(C)C)c1. The molecule has 0 aliphatic rings. The molecule has 0 aromatic heterocycles. The Hall–Kier alpha value is -1.02. The molecular weight excluding hydrogens is 212 g/mol. The number of benzene rings is 1. The average Bonchev–Trinajstić information content (AvgIpc) is 2.27. The highest BCUT2D eigenvalue weighted by molar-refractivity contribution is 5.47. The molecule has 0 aliphatic carbocycles. The van der Waals surface area contributed by atoms with Gasteiger partial charge in [-0.25, -0.2) is 0 Å². The summed E-state index contributed by atoms with van der Waals surface area (Å²) in [6.45, 7) is 10.4. The van der Waals surface area contributed by atoms with Crippen LogP contribution >= 0.6 is 0 Å². The van der Waals surface area contributed by atoms with E-state index in [4.69, 9.17) is 4.74 Å². The first-order chi connectivity index (χ1) is 7.88. The summed E-state index contributed by atoms with van der Waals surface area (Å²) in [7, 11) is 1.71. The van der Waals surface area contributed by atoms with Gasteiger partial charge in [-0.1, -0.05) is 27.7 Å². The van der Waals surface area contributed by atoms with Crippen molar-refractivity contribution in [3.05, 3.63) is 28.8 Å². The number of methoxy groups -OCH3 is 1. The van der Waals surface area contributed by atoms with Crippen LogP contribution in [0, 0.1) is 0 Å². The van der Waals surface area contributed by atoms with E-state index in [1.807, 2.05) is 6.92 Å². The van der Waals surface area contributed by atoms with Crippen molar-refractivity contribution in [2.45, 2.75) is 52.6 Å². The molecule has 0 saturated carbocycles. The predicted octanol–water partition coefficient (Wildman–Crippen LogP) is 4.35. The maximum atomic E-state index is 10.3. The summed E-state index contributed by atoms with van der Waals surface area (Å²) in [5.41, 5.74) is 3.16. The minimum Gasteiger partial charge on any atom is -0.507 e. The van der Waals surface area contributed by atoms with Gasteiger partial charge in [0, 0.05) is 7.11 Å². The topological polar surface area (TPSA) is 29.5 Å². The van der Waals surface area contributed by atoms with Crippen LogP contribution in [-0.4, -0.2) is 12.2 Å². The van der Waals surface area contributed by atoms with Crippen LogP contribution in [0.3, 0.4) is 0 Å². The Labute approximate surface area is 105 Å². The molecule has 1 rings (SSSR count). The van der Waals surface area contributed by atoms with Gasteiger partial charge in [0.05, 0.1) is 6.10 Å². The minimum absolute atomic E-state index is 0.0607. The molecule has 2 heteroatoms. The molecule has 0 radical (unpaired) electrons. The van der Waals surface area contributed by atoms with Crippen LogP contribution in [0.5, 0.6) is 5.75 Å². The lowest BCUT2D eigenvalue weighted by Gasteiger charge is -2.19. The summed E-state index contributed by atoms with van der Waals surface area (Å²) in [6.07, 6.45) is 0.0607. The first kappa shape index (κ1) is 14.0. The monoisotopic (exact) mass is 236 g/mol. The Kier molecular flexibility index (Phi) is 4.58. The Balaban J connectivity index is 3.36. The first-order valence-corrected chi connectivity index (χ1v) is 6.28. The van der Waals surface area contributed by atoms with Crippen molar-refractivity contribution in [1.82, 2.24) is 0 Å². The lowest BCUT2D eigenvalue weighted by molar-refractivity contribution is 0.119. The lowest BCUT2D eigenvalue weighted by atomic mass is 9.90. The molecule has 2 nitrogen and oxygen atoms in total. The van der Waals surface area contributed by atoms with Gasteiger partial charge in [0.25, 0.3) is 0 Å². The van der Waals surface area contributed by atoms with Gasteiger partial charge >= 0.3 is 0 Å². The largest absolute Gasteiger partial charge is 0.507 e. The Morgan fingerprint density at radius 2 is 1.35 bits per heavy atom. The molecule has 1 N–H and O–H groups in total. The summed E-state index contributed by atoms with van der Waals surface area (Å²) in [6, 6.07) is 4.11. The van der Waals surface area contributed by atoms with Crippen molar-refractivity contribution in [2.75, 3.05) is 7.11 Å². The molecule has 0 bridgehead atoms. The van der Waals surface area contributed by atoms with Gasteiger partial charge in [-0.2, -0.15) is 0 Å². The Morgan fingerprint density at radius 3 is 1.65 bits per heavy atom. The van der Waals surface area contributed by atoms with E-state index in [9.17, 15) is 5.11 Å². The Morgan fingerprint density at radius 1 is 0.941 bits per heavy atom. The molecule has 0 fully saturated rings. The zero-order chi connectivity index (χ0) is 13.2. The third-order valence-corrected chi connectivity index (χ3v) is 3.26. The molecule has 96 valence electrons. The highest BCUT2D eigenvalue weighted by Crippen LogP contribution is 2.36. The highest BCUT2D eigenvalue weighted by Gasteiger charge is 2.17. The number of rotatable bonds is 4. The average molecular weight is 236 g/mol. The molecule has 0 heterocycles. The van der Waals surface area contributed by atoms with Gasteiger partial charge in [0.1, 0.15) is 5.75 Å². The Bertz CT molecular complexity index is 352. The van der Waals surface area contributed by atoms with Gasteiger partial charge < -0.3 is 9.84 Å². The molecule has 1 aromatic rings. The van der Waals surface area contributed by atoms with Crippen molar-refractivity contribution in [1.29, 1.82) is 0 Å². The van der Waals surface area contributed by atoms with Gasteiger partial charge in [-0.15, -0.1) is 0 Å². The van der Waals surface area contributed by atoms with Crippen molar-refractivity contribution in [3.63, 3.8) is 0 Å². The van der Waals surface area contributed by atoms with Gasteiger partial charge in [-0.3, -0.25) is 0 Å². The van der Waals surface area contributed by atoms with E-state index >= 15 is 0 Å². The van der Waals surface area contributed by atoms with Crippen LogP contribution in [0.2, 0.25) is 0 Å². The third-order valence-electron chi connectivity index (χ3n) is 3.26. The highest BCUT2D eigenvalue weighted by atomic mass is 16.5. The number of aromatic hydroxyl groups is 1. The lowest BCUT2D eigenvalue weighted by Crippen LogP contribution is -2.02. The molecule has 0 aliphatic heterocycles. The van der Waals surface area contributed by atoms with E-state index in [0.29, 0.717) is 17.6 Å². The smallest absolute Gasteiger partial charge is 0.122 e. The van der Waals surface area contributed by atoms with Crippen molar-refractivity contribution in [2.24, 2.45) is 0 Å². The molecule has 1 atom stereocenters. The van der Waals surface area contributed by atoms with Crippen LogP contribution in [0.15, 0.2) is 12.1 Å². The molecule has 1 aromatic carbocycles. The van der Waals surface area contributed by atoms with Crippen LogP contribution in [0.1, 0.15) is 69.2 Å². The van der Waals surface area contributed by atoms with E-state index in [1.165, 1.54) is 0 Å². The number of ether oxygens (including phenoxy) is 1. The fourth-order valence-electron chi connectivity index (χ4n) is 1.96. The standard InChI is InChI=1S/C15H24O2/c1-9(2)13-7-12(11(5)17-6)8-14(10(3)4)15(13)16/h7-11,16H,1-6H3. The number of hydrogen-bond acceptors (Lipinski definition) is 2. The van der Waals surface area contributed by atoms with E-state index in [1.54, 1.807) is 7.11 Å². The number of phenolic OH excluding ortho intramolecular Hbond substituents is 1. The van der Waals surface area contributed by atoms with Crippen molar-refractivity contribution < 1.29 is 9.84 Å². The zero-order valence-electron chi connectivity index (χ0n) is 11.7. The second-order valence-corrected chi connectivity index (χ2v) is 5.24. The van der Waals surface area contributed by atoms with Gasteiger partial charge in [0.15, 0.2) is 0 Å². The zero-order valence-corrected chi connectivity index (χ0v) is 11.7. The van der Waals surface area contributed by atoms with Gasteiger partial charge in [-0.05, 0) is 47.6 Å². The summed E-state index contributed by atoms with van der Waals surface area (Å²) in [5, 5.41) is 10.3. The fourth-order valence-corrected chi connectivity index (χ4v) is 1.96. The summed E-state index contributed by atoms with van der Waals surface area (Å²) in [4.78, 5) is 0.